The van der Waals surface area contributed by atoms with Crippen LogP contribution < -0.4 is 16.0 Å². The lowest BCUT2D eigenvalue weighted by Crippen LogP contribution is -2.39. The largest absolute Gasteiger partial charge is 0.382 e. The maximum atomic E-state index is 11.8. The molecule has 0 aromatic carbocycles. The number of anilines is 2. The highest BCUT2D eigenvalue weighted by molar-refractivity contribution is 5.83. The predicted octanol–water partition coefficient (Wildman–Crippen LogP) is 0.0212. The summed E-state index contributed by atoms with van der Waals surface area (Å²) in [5.41, 5.74) is 5.14. The molecular formula is C11H17N5O. The first-order chi connectivity index (χ1) is 8.05. The van der Waals surface area contributed by atoms with Crippen LogP contribution >= 0.6 is 0 Å². The maximum Gasteiger partial charge on any atom is 0.227 e. The van der Waals surface area contributed by atoms with E-state index in [9.17, 15) is 4.79 Å². The van der Waals surface area contributed by atoms with E-state index in [0.29, 0.717) is 12.4 Å². The molecule has 92 valence electrons. The molecule has 2 rings (SSSR count). The zero-order valence-electron chi connectivity index (χ0n) is 10.1. The maximum absolute atomic E-state index is 11.8. The van der Waals surface area contributed by atoms with Crippen LogP contribution in [0, 0.1) is 5.41 Å². The fraction of sp³-hybridized carbons (Fsp3) is 0.545. The smallest absolute Gasteiger partial charge is 0.227 e. The zero-order chi connectivity index (χ0) is 12.5. The van der Waals surface area contributed by atoms with Crippen molar-refractivity contribution in [2.24, 2.45) is 5.41 Å². The van der Waals surface area contributed by atoms with E-state index in [4.69, 9.17) is 5.73 Å². The van der Waals surface area contributed by atoms with Crippen molar-refractivity contribution in [1.29, 1.82) is 0 Å². The normalized spacial score (nSPS) is 23.8. The van der Waals surface area contributed by atoms with Crippen molar-refractivity contribution in [1.82, 2.24) is 15.5 Å². The minimum absolute atomic E-state index is 0.0726. The summed E-state index contributed by atoms with van der Waals surface area (Å²) >= 11 is 0. The summed E-state index contributed by atoms with van der Waals surface area (Å²) < 4.78 is 0. The summed E-state index contributed by atoms with van der Waals surface area (Å²) in [6, 6.07) is 3.55. The number of hydrogen-bond acceptors (Lipinski definition) is 5. The molecule has 1 aromatic rings. The van der Waals surface area contributed by atoms with E-state index in [1.165, 1.54) is 0 Å². The molecular weight excluding hydrogens is 218 g/mol. The monoisotopic (exact) mass is 235 g/mol. The lowest BCUT2D eigenvalue weighted by Gasteiger charge is -2.22. The van der Waals surface area contributed by atoms with E-state index < -0.39 is 0 Å². The lowest BCUT2D eigenvalue weighted by atomic mass is 9.89. The average molecular weight is 235 g/mol. The molecule has 6 nitrogen and oxygen atoms in total. The topological polar surface area (TPSA) is 84.1 Å². The Morgan fingerprint density at radius 3 is 2.88 bits per heavy atom. The van der Waals surface area contributed by atoms with E-state index in [1.807, 2.05) is 13.0 Å². The molecule has 1 unspecified atom stereocenters. The highest BCUT2D eigenvalue weighted by Crippen LogP contribution is 2.32. The first-order valence-corrected chi connectivity index (χ1v) is 5.61. The Hall–Kier alpha value is -1.85. The second-order valence-corrected chi connectivity index (χ2v) is 4.63. The highest BCUT2D eigenvalue weighted by atomic mass is 16.2. The molecule has 0 aliphatic carbocycles. The van der Waals surface area contributed by atoms with Crippen molar-refractivity contribution in [3.63, 3.8) is 0 Å². The number of amides is 1. The zero-order valence-corrected chi connectivity index (χ0v) is 10.1. The van der Waals surface area contributed by atoms with Gasteiger partial charge >= 0.3 is 0 Å². The molecule has 1 saturated heterocycles. The molecule has 0 saturated carbocycles. The van der Waals surface area contributed by atoms with Crippen molar-refractivity contribution in [2.75, 3.05) is 30.8 Å². The fourth-order valence-corrected chi connectivity index (χ4v) is 2.15. The summed E-state index contributed by atoms with van der Waals surface area (Å²) in [5.74, 6) is 1.25. The number of rotatable bonds is 2. The molecule has 1 fully saturated rings. The van der Waals surface area contributed by atoms with E-state index in [1.54, 1.807) is 13.1 Å². The van der Waals surface area contributed by atoms with Gasteiger partial charge in [0.1, 0.15) is 5.82 Å². The Bertz CT molecular complexity index is 418. The standard InChI is InChI=1S/C11H17N5O/c1-11(10(17)13-2)5-6-16(7-11)9-4-3-8(12)14-15-9/h3-4H,5-7H2,1-2H3,(H2,12,14)(H,13,17). The predicted molar refractivity (Wildman–Crippen MR) is 65.4 cm³/mol. The number of aromatic nitrogens is 2. The van der Waals surface area contributed by atoms with Crippen molar-refractivity contribution in [3.8, 4) is 0 Å². The summed E-state index contributed by atoms with van der Waals surface area (Å²) in [4.78, 5) is 13.8. The van der Waals surface area contributed by atoms with E-state index in [-0.39, 0.29) is 11.3 Å². The number of nitrogens with one attached hydrogen (secondary N) is 1. The average Bonchev–Trinajstić information content (AvgIpc) is 2.73. The van der Waals surface area contributed by atoms with Crippen molar-refractivity contribution in [2.45, 2.75) is 13.3 Å². The third-order valence-electron chi connectivity index (χ3n) is 3.24. The van der Waals surface area contributed by atoms with Crippen molar-refractivity contribution in [3.05, 3.63) is 12.1 Å². The van der Waals surface area contributed by atoms with Gasteiger partial charge in [-0.05, 0) is 25.5 Å². The van der Waals surface area contributed by atoms with Gasteiger partial charge in [-0.3, -0.25) is 4.79 Å². The van der Waals surface area contributed by atoms with Gasteiger partial charge in [0.15, 0.2) is 5.82 Å². The Labute approximate surface area is 100 Å². The number of nitrogens with two attached hydrogens (primary N) is 1. The summed E-state index contributed by atoms with van der Waals surface area (Å²) in [5, 5.41) is 10.6. The second-order valence-electron chi connectivity index (χ2n) is 4.63. The Balaban J connectivity index is 2.12. The van der Waals surface area contributed by atoms with Crippen LogP contribution in [0.25, 0.3) is 0 Å². The van der Waals surface area contributed by atoms with Crippen molar-refractivity contribution < 1.29 is 4.79 Å². The van der Waals surface area contributed by atoms with Gasteiger partial charge in [-0.1, -0.05) is 0 Å². The summed E-state index contributed by atoms with van der Waals surface area (Å²) in [7, 11) is 1.67. The van der Waals surface area contributed by atoms with Gasteiger partial charge in [-0.25, -0.2) is 0 Å². The van der Waals surface area contributed by atoms with Crippen LogP contribution in [0.5, 0.6) is 0 Å². The van der Waals surface area contributed by atoms with Crippen LogP contribution in [0.3, 0.4) is 0 Å². The second kappa shape index (κ2) is 4.20. The summed E-state index contributed by atoms with van der Waals surface area (Å²) in [6.07, 6.45) is 0.818. The fourth-order valence-electron chi connectivity index (χ4n) is 2.15. The molecule has 0 spiro atoms. The lowest BCUT2D eigenvalue weighted by molar-refractivity contribution is -0.128. The highest BCUT2D eigenvalue weighted by Gasteiger charge is 2.40. The molecule has 0 bridgehead atoms. The van der Waals surface area contributed by atoms with Crippen molar-refractivity contribution >= 4 is 17.5 Å². The van der Waals surface area contributed by atoms with E-state index in [0.717, 1.165) is 18.8 Å². The van der Waals surface area contributed by atoms with Crippen LogP contribution in [0.2, 0.25) is 0 Å². The van der Waals surface area contributed by atoms with Crippen LogP contribution in [-0.2, 0) is 4.79 Å². The third kappa shape index (κ3) is 2.15. The Kier molecular flexibility index (Phi) is 2.87. The molecule has 1 aliphatic rings. The van der Waals surface area contributed by atoms with Gasteiger partial charge < -0.3 is 16.0 Å². The van der Waals surface area contributed by atoms with Crippen LogP contribution in [0.1, 0.15) is 13.3 Å². The molecule has 1 amide bonds. The van der Waals surface area contributed by atoms with Gasteiger partial charge in [0, 0.05) is 20.1 Å². The van der Waals surface area contributed by atoms with Gasteiger partial charge in [0.2, 0.25) is 5.91 Å². The summed E-state index contributed by atoms with van der Waals surface area (Å²) in [6.45, 7) is 3.43. The van der Waals surface area contributed by atoms with Gasteiger partial charge in [-0.2, -0.15) is 0 Å². The third-order valence-corrected chi connectivity index (χ3v) is 3.24. The van der Waals surface area contributed by atoms with Gasteiger partial charge in [0.25, 0.3) is 0 Å². The number of carbonyl (C=O) groups excluding carboxylic acids is 1. The Morgan fingerprint density at radius 2 is 2.29 bits per heavy atom. The van der Waals surface area contributed by atoms with Gasteiger partial charge in [-0.15, -0.1) is 10.2 Å². The SMILES string of the molecule is CNC(=O)C1(C)CCN(c2ccc(N)nn2)C1. The minimum atomic E-state index is -0.349. The molecule has 3 N–H and O–H groups in total. The molecule has 1 aromatic heterocycles. The molecule has 1 atom stereocenters. The first-order valence-electron chi connectivity index (χ1n) is 5.61. The van der Waals surface area contributed by atoms with Gasteiger partial charge in [0.05, 0.1) is 5.41 Å². The molecule has 6 heteroatoms. The molecule has 1 aliphatic heterocycles. The number of hydrogen-bond donors (Lipinski definition) is 2. The van der Waals surface area contributed by atoms with Crippen LogP contribution in [-0.4, -0.2) is 36.2 Å². The Morgan fingerprint density at radius 1 is 1.53 bits per heavy atom. The van der Waals surface area contributed by atoms with E-state index >= 15 is 0 Å². The van der Waals surface area contributed by atoms with E-state index in [2.05, 4.69) is 20.4 Å². The molecule has 2 heterocycles. The van der Waals surface area contributed by atoms with Crippen LogP contribution in [0.15, 0.2) is 12.1 Å². The number of nitrogen functional groups attached to an aromatic ring is 1. The number of nitrogens with zero attached hydrogens (tertiary/aromatic N) is 3. The van der Waals surface area contributed by atoms with Crippen LogP contribution in [0.4, 0.5) is 11.6 Å². The number of carbonyl (C=O) groups is 1. The quantitative estimate of drug-likeness (QED) is 0.755. The first kappa shape index (κ1) is 11.6. The minimum Gasteiger partial charge on any atom is -0.382 e. The molecule has 17 heavy (non-hydrogen) atoms. The molecule has 0 radical (unpaired) electrons.